The van der Waals surface area contributed by atoms with Crippen molar-refractivity contribution in [3.05, 3.63) is 75.6 Å². The first-order valence-corrected chi connectivity index (χ1v) is 15.9. The number of amides is 4. The van der Waals surface area contributed by atoms with Gasteiger partial charge in [0.15, 0.2) is 12.0 Å². The van der Waals surface area contributed by atoms with Crippen molar-refractivity contribution in [1.29, 1.82) is 0 Å². The maximum atomic E-state index is 13.5. The van der Waals surface area contributed by atoms with E-state index < -0.39 is 23.9 Å². The number of tetrazole rings is 1. The molecule has 0 saturated heterocycles. The zero-order valence-electron chi connectivity index (χ0n) is 25.8. The van der Waals surface area contributed by atoms with E-state index in [2.05, 4.69) is 41.3 Å². The number of hydrogen-bond acceptors (Lipinski definition) is 11. The van der Waals surface area contributed by atoms with E-state index in [0.29, 0.717) is 23.6 Å². The minimum absolute atomic E-state index is 0.0558. The maximum absolute atomic E-state index is 13.5. The van der Waals surface area contributed by atoms with E-state index in [9.17, 15) is 19.2 Å². The summed E-state index contributed by atoms with van der Waals surface area (Å²) in [5.74, 6) is -0.946. The van der Waals surface area contributed by atoms with Crippen molar-refractivity contribution >= 4 is 35.0 Å². The molecule has 0 saturated carbocycles. The van der Waals surface area contributed by atoms with Crippen LogP contribution >= 0.6 is 11.3 Å². The third-order valence-corrected chi connectivity index (χ3v) is 8.37. The maximum Gasteiger partial charge on any atom is 0.274 e. The number of aryl methyl sites for hydroxylation is 1. The van der Waals surface area contributed by atoms with Crippen molar-refractivity contribution in [2.75, 3.05) is 19.6 Å². The molecule has 1 aromatic carbocycles. The van der Waals surface area contributed by atoms with Gasteiger partial charge in [0.25, 0.3) is 11.8 Å². The zero-order chi connectivity index (χ0) is 32.6. The molecule has 15 nitrogen and oxygen atoms in total. The van der Waals surface area contributed by atoms with Gasteiger partial charge in [0.1, 0.15) is 29.0 Å². The number of benzene rings is 1. The Hall–Kier alpha value is -4.99. The summed E-state index contributed by atoms with van der Waals surface area (Å²) >= 11 is 1.27. The van der Waals surface area contributed by atoms with E-state index in [0.717, 1.165) is 5.56 Å². The molecule has 0 radical (unpaired) electrons. The second-order valence-corrected chi connectivity index (χ2v) is 12.1. The standard InChI is InChI=1S/C30H36N10O5S/c1-18(2)25-30-35-22(16-46-30)27(43)31-11-13-39(24(42)15-40-33-17-32-38-40)12-7-10-23(41)34-21(14-20-8-5-4-6-9-20)29-37-26(19(3)45-29)28(44)36-25/h4-6,8-9,16-18,21,25H,7,10-15H2,1-3H3,(H,31,43)(H,34,41)(H,36,44)/t21-,25-/m0/s1. The second-order valence-electron chi connectivity index (χ2n) is 11.2. The van der Waals surface area contributed by atoms with E-state index in [1.165, 1.54) is 22.5 Å². The van der Waals surface area contributed by atoms with Crippen LogP contribution in [0.15, 0.2) is 46.5 Å². The molecule has 4 bridgehead atoms. The van der Waals surface area contributed by atoms with Gasteiger partial charge in [-0.1, -0.05) is 44.2 Å². The number of oxazole rings is 1. The Labute approximate surface area is 269 Å². The summed E-state index contributed by atoms with van der Waals surface area (Å²) < 4.78 is 5.98. The highest BCUT2D eigenvalue weighted by Crippen LogP contribution is 2.27. The highest BCUT2D eigenvalue weighted by Gasteiger charge is 2.29. The molecule has 2 atom stereocenters. The Kier molecular flexibility index (Phi) is 10.5. The first kappa shape index (κ1) is 32.4. The lowest BCUT2D eigenvalue weighted by atomic mass is 10.0. The van der Waals surface area contributed by atoms with E-state index in [1.807, 2.05) is 44.2 Å². The van der Waals surface area contributed by atoms with Crippen LogP contribution in [0.5, 0.6) is 0 Å². The fraction of sp³-hybridized carbons (Fsp3) is 0.433. The second kappa shape index (κ2) is 14.9. The van der Waals surface area contributed by atoms with Crippen molar-refractivity contribution in [3.8, 4) is 0 Å². The van der Waals surface area contributed by atoms with Gasteiger partial charge in [0.05, 0.1) is 6.04 Å². The Morgan fingerprint density at radius 2 is 1.89 bits per heavy atom. The highest BCUT2D eigenvalue weighted by atomic mass is 32.1. The first-order chi connectivity index (χ1) is 22.2. The number of hydrogen-bond donors (Lipinski definition) is 3. The Morgan fingerprint density at radius 1 is 1.09 bits per heavy atom. The molecule has 1 aliphatic rings. The van der Waals surface area contributed by atoms with Gasteiger partial charge in [-0.05, 0) is 30.0 Å². The van der Waals surface area contributed by atoms with Gasteiger partial charge in [-0.15, -0.1) is 21.5 Å². The van der Waals surface area contributed by atoms with Gasteiger partial charge >= 0.3 is 0 Å². The van der Waals surface area contributed by atoms with Crippen LogP contribution in [0.2, 0.25) is 0 Å². The zero-order valence-corrected chi connectivity index (χ0v) is 26.6. The molecule has 0 unspecified atom stereocenters. The summed E-state index contributed by atoms with van der Waals surface area (Å²) in [7, 11) is 0. The predicted octanol–water partition coefficient (Wildman–Crippen LogP) is 2.01. The molecule has 4 amide bonds. The number of aromatic nitrogens is 6. The van der Waals surface area contributed by atoms with Crippen LogP contribution in [-0.4, -0.2) is 78.3 Å². The first-order valence-electron chi connectivity index (χ1n) is 15.0. The quantitative estimate of drug-likeness (QED) is 0.289. The van der Waals surface area contributed by atoms with Gasteiger partial charge in [0.2, 0.25) is 17.7 Å². The third kappa shape index (κ3) is 8.18. The van der Waals surface area contributed by atoms with Crippen LogP contribution in [0.25, 0.3) is 0 Å². The Morgan fingerprint density at radius 3 is 2.63 bits per heavy atom. The molecular weight excluding hydrogens is 612 g/mol. The molecule has 46 heavy (non-hydrogen) atoms. The average Bonchev–Trinajstić information content (AvgIpc) is 3.80. The van der Waals surface area contributed by atoms with Crippen LogP contribution in [0.4, 0.5) is 0 Å². The molecule has 16 heteroatoms. The van der Waals surface area contributed by atoms with Crippen molar-refractivity contribution < 1.29 is 23.6 Å². The smallest absolute Gasteiger partial charge is 0.274 e. The molecule has 1 aliphatic heterocycles. The van der Waals surface area contributed by atoms with Crippen LogP contribution in [0, 0.1) is 12.8 Å². The molecule has 0 spiro atoms. The number of fused-ring (bicyclic) bond motifs is 4. The van der Waals surface area contributed by atoms with Gasteiger partial charge < -0.3 is 25.3 Å². The van der Waals surface area contributed by atoms with Crippen molar-refractivity contribution in [2.45, 2.75) is 58.7 Å². The average molecular weight is 649 g/mol. The number of carbonyl (C=O) groups excluding carboxylic acids is 4. The highest BCUT2D eigenvalue weighted by molar-refractivity contribution is 7.09. The summed E-state index contributed by atoms with van der Waals surface area (Å²) in [6.07, 6.45) is 2.08. The largest absolute Gasteiger partial charge is 0.443 e. The molecule has 0 aliphatic carbocycles. The summed E-state index contributed by atoms with van der Waals surface area (Å²) in [6.45, 7) is 6.00. The van der Waals surface area contributed by atoms with Gasteiger partial charge in [-0.2, -0.15) is 4.80 Å². The molecule has 5 rings (SSSR count). The minimum Gasteiger partial charge on any atom is -0.443 e. The number of nitrogens with one attached hydrogen (secondary N) is 3. The van der Waals surface area contributed by atoms with E-state index in [1.54, 1.807) is 17.2 Å². The number of nitrogens with zero attached hydrogens (tertiary/aromatic N) is 7. The van der Waals surface area contributed by atoms with Crippen molar-refractivity contribution in [3.63, 3.8) is 0 Å². The van der Waals surface area contributed by atoms with E-state index >= 15 is 0 Å². The lowest BCUT2D eigenvalue weighted by Gasteiger charge is -2.23. The van der Waals surface area contributed by atoms with Crippen LogP contribution < -0.4 is 16.0 Å². The summed E-state index contributed by atoms with van der Waals surface area (Å²) in [5, 5.41) is 22.3. The fourth-order valence-corrected chi connectivity index (χ4v) is 6.04. The normalized spacial score (nSPS) is 18.5. The molecule has 242 valence electrons. The lowest BCUT2D eigenvalue weighted by molar-refractivity contribution is -0.133. The van der Waals surface area contributed by atoms with Crippen LogP contribution in [0.1, 0.15) is 82.0 Å². The van der Waals surface area contributed by atoms with Gasteiger partial charge in [-0.25, -0.2) is 9.97 Å². The Bertz CT molecular complexity index is 1650. The number of rotatable bonds is 5. The molecule has 0 fully saturated rings. The summed E-state index contributed by atoms with van der Waals surface area (Å²) in [5.41, 5.74) is 1.26. The topological polar surface area (TPSA) is 190 Å². The molecule has 4 heterocycles. The minimum atomic E-state index is -0.644. The van der Waals surface area contributed by atoms with Crippen LogP contribution in [-0.2, 0) is 22.6 Å². The number of carbonyl (C=O) groups is 4. The van der Waals surface area contributed by atoms with Gasteiger partial charge in [-0.3, -0.25) is 19.2 Å². The molecular formula is C30H36N10O5S. The molecule has 3 aromatic heterocycles. The van der Waals surface area contributed by atoms with E-state index in [-0.39, 0.29) is 67.6 Å². The van der Waals surface area contributed by atoms with Crippen molar-refractivity contribution in [2.24, 2.45) is 5.92 Å². The molecule has 3 N–H and O–H groups in total. The van der Waals surface area contributed by atoms with Crippen LogP contribution in [0.3, 0.4) is 0 Å². The third-order valence-electron chi connectivity index (χ3n) is 7.44. The Balaban J connectivity index is 1.43. The lowest BCUT2D eigenvalue weighted by Crippen LogP contribution is -2.41. The predicted molar refractivity (Wildman–Crippen MR) is 165 cm³/mol. The summed E-state index contributed by atoms with van der Waals surface area (Å²) in [6, 6.07) is 8.45. The SMILES string of the molecule is Cc1oc2nc1C(=O)N[C@@H](C(C)C)c1nc(cs1)C(=O)NCCN(C(=O)Cn1ncnn1)CCCC(=O)N[C@H]2Cc1ccccc1. The summed E-state index contributed by atoms with van der Waals surface area (Å²) in [4.78, 5) is 64.6. The monoisotopic (exact) mass is 648 g/mol. The van der Waals surface area contributed by atoms with Crippen molar-refractivity contribution in [1.82, 2.24) is 51.0 Å². The molecule has 4 aromatic rings. The number of thiazole rings is 1. The van der Waals surface area contributed by atoms with E-state index in [4.69, 9.17) is 4.42 Å². The fourth-order valence-electron chi connectivity index (χ4n) is 5.02. The van der Waals surface area contributed by atoms with Gasteiger partial charge in [0, 0.05) is 37.9 Å².